The quantitative estimate of drug-likeness (QED) is 0.749. The number of aromatic nitrogens is 1. The Hall–Kier alpha value is -2.23. The fraction of sp³-hybridized carbons (Fsp3) is 0.400. The lowest BCUT2D eigenvalue weighted by molar-refractivity contribution is -0.153. The lowest BCUT2D eigenvalue weighted by atomic mass is 9.88. The van der Waals surface area contributed by atoms with Gasteiger partial charge in [0.25, 0.3) is 0 Å². The van der Waals surface area contributed by atoms with Gasteiger partial charge in [0.2, 0.25) is 0 Å². The smallest absolute Gasteiger partial charge is 0.310 e. The molecule has 1 aromatic carbocycles. The van der Waals surface area contributed by atoms with Crippen LogP contribution in [0.4, 0.5) is 4.39 Å². The lowest BCUT2D eigenvalue weighted by Gasteiger charge is -2.22. The molecule has 0 bridgehead atoms. The molecule has 0 atom stereocenters. The van der Waals surface area contributed by atoms with Crippen LogP contribution in [0, 0.1) is 5.82 Å². The number of carbonyl (C=O) groups excluding carboxylic acids is 1. The van der Waals surface area contributed by atoms with Crippen LogP contribution in [0.1, 0.15) is 51.7 Å². The second kappa shape index (κ2) is 7.12. The molecule has 0 saturated carbocycles. The van der Waals surface area contributed by atoms with E-state index in [1.54, 1.807) is 12.4 Å². The number of carbonyl (C=O) groups is 1. The highest BCUT2D eigenvalue weighted by molar-refractivity contribution is 5.79. The van der Waals surface area contributed by atoms with Crippen molar-refractivity contribution in [1.29, 1.82) is 0 Å². The summed E-state index contributed by atoms with van der Waals surface area (Å²) >= 11 is 0. The zero-order valence-electron chi connectivity index (χ0n) is 14.9. The van der Waals surface area contributed by atoms with Gasteiger partial charge in [-0.05, 0) is 73.2 Å². The second-order valence-electron chi connectivity index (χ2n) is 7.17. The molecular weight excluding hydrogens is 305 g/mol. The third-order valence-corrected chi connectivity index (χ3v) is 3.60. The van der Waals surface area contributed by atoms with Crippen LogP contribution in [0.3, 0.4) is 0 Å². The molecule has 1 heterocycles. The maximum atomic E-state index is 14.1. The third kappa shape index (κ3) is 4.63. The fourth-order valence-corrected chi connectivity index (χ4v) is 2.68. The summed E-state index contributed by atoms with van der Waals surface area (Å²) in [6.45, 7) is 9.49. The van der Waals surface area contributed by atoms with E-state index in [2.05, 4.69) is 4.98 Å². The molecule has 2 rings (SSSR count). The SMILES string of the molecule is CC(C)c1cc(F)cc(-c2ccncc2)c1CC(=O)OC(C)(C)C. The van der Waals surface area contributed by atoms with Crippen molar-refractivity contribution < 1.29 is 13.9 Å². The molecule has 0 aliphatic heterocycles. The topological polar surface area (TPSA) is 39.2 Å². The zero-order valence-corrected chi connectivity index (χ0v) is 14.9. The number of nitrogens with zero attached hydrogens (tertiary/aromatic N) is 1. The van der Waals surface area contributed by atoms with E-state index in [0.29, 0.717) is 5.56 Å². The van der Waals surface area contributed by atoms with E-state index in [4.69, 9.17) is 4.74 Å². The number of pyridine rings is 1. The minimum Gasteiger partial charge on any atom is -0.460 e. The number of hydrogen-bond donors (Lipinski definition) is 0. The number of rotatable bonds is 4. The molecule has 2 aromatic rings. The highest BCUT2D eigenvalue weighted by Crippen LogP contribution is 2.32. The molecule has 0 aliphatic rings. The van der Waals surface area contributed by atoms with Gasteiger partial charge < -0.3 is 4.74 Å². The highest BCUT2D eigenvalue weighted by Gasteiger charge is 2.21. The van der Waals surface area contributed by atoms with E-state index in [-0.39, 0.29) is 24.1 Å². The van der Waals surface area contributed by atoms with Crippen molar-refractivity contribution in [2.24, 2.45) is 0 Å². The second-order valence-corrected chi connectivity index (χ2v) is 7.17. The van der Waals surface area contributed by atoms with Gasteiger partial charge in [-0.3, -0.25) is 9.78 Å². The zero-order chi connectivity index (χ0) is 17.9. The van der Waals surface area contributed by atoms with Crippen molar-refractivity contribution in [2.45, 2.75) is 52.6 Å². The van der Waals surface area contributed by atoms with E-state index in [1.807, 2.05) is 46.8 Å². The molecule has 128 valence electrons. The lowest BCUT2D eigenvalue weighted by Crippen LogP contribution is -2.25. The Kier molecular flexibility index (Phi) is 5.37. The van der Waals surface area contributed by atoms with Crippen LogP contribution in [-0.2, 0) is 16.0 Å². The van der Waals surface area contributed by atoms with Crippen molar-refractivity contribution in [3.8, 4) is 11.1 Å². The van der Waals surface area contributed by atoms with Crippen LogP contribution in [0.2, 0.25) is 0 Å². The maximum Gasteiger partial charge on any atom is 0.310 e. The van der Waals surface area contributed by atoms with Crippen molar-refractivity contribution in [1.82, 2.24) is 4.98 Å². The normalized spacial score (nSPS) is 11.6. The van der Waals surface area contributed by atoms with Crippen LogP contribution < -0.4 is 0 Å². The van der Waals surface area contributed by atoms with Gasteiger partial charge in [-0.1, -0.05) is 13.8 Å². The van der Waals surface area contributed by atoms with Gasteiger partial charge in [-0.25, -0.2) is 4.39 Å². The molecule has 0 saturated heterocycles. The summed E-state index contributed by atoms with van der Waals surface area (Å²) in [5.41, 5.74) is 2.64. The predicted molar refractivity (Wildman–Crippen MR) is 93.3 cm³/mol. The monoisotopic (exact) mass is 329 g/mol. The van der Waals surface area contributed by atoms with Crippen molar-refractivity contribution in [2.75, 3.05) is 0 Å². The van der Waals surface area contributed by atoms with Crippen molar-refractivity contribution in [3.05, 3.63) is 53.6 Å². The third-order valence-electron chi connectivity index (χ3n) is 3.60. The summed E-state index contributed by atoms with van der Waals surface area (Å²) in [5, 5.41) is 0. The first kappa shape index (κ1) is 18.1. The first-order chi connectivity index (χ1) is 11.2. The standard InChI is InChI=1S/C20H24FNO2/c1-13(2)16-10-15(21)11-17(14-6-8-22-9-7-14)18(16)12-19(23)24-20(3,4)5/h6-11,13H,12H2,1-5H3. The molecule has 0 aliphatic carbocycles. The first-order valence-corrected chi connectivity index (χ1v) is 8.12. The van der Waals surface area contributed by atoms with Gasteiger partial charge in [0.1, 0.15) is 11.4 Å². The average molecular weight is 329 g/mol. The van der Waals surface area contributed by atoms with E-state index in [9.17, 15) is 9.18 Å². The highest BCUT2D eigenvalue weighted by atomic mass is 19.1. The largest absolute Gasteiger partial charge is 0.460 e. The Morgan fingerprint density at radius 2 is 1.83 bits per heavy atom. The Balaban J connectivity index is 2.52. The molecule has 4 heteroatoms. The van der Waals surface area contributed by atoms with E-state index >= 15 is 0 Å². The fourth-order valence-electron chi connectivity index (χ4n) is 2.68. The summed E-state index contributed by atoms with van der Waals surface area (Å²) in [6, 6.07) is 6.62. The van der Waals surface area contributed by atoms with Gasteiger partial charge in [-0.15, -0.1) is 0 Å². The average Bonchev–Trinajstić information content (AvgIpc) is 2.47. The maximum absolute atomic E-state index is 14.1. The molecule has 0 spiro atoms. The summed E-state index contributed by atoms with van der Waals surface area (Å²) in [7, 11) is 0. The summed E-state index contributed by atoms with van der Waals surface area (Å²) < 4.78 is 19.6. The van der Waals surface area contributed by atoms with Crippen LogP contribution in [0.15, 0.2) is 36.7 Å². The van der Waals surface area contributed by atoms with E-state index in [0.717, 1.165) is 16.7 Å². The molecule has 24 heavy (non-hydrogen) atoms. The summed E-state index contributed by atoms with van der Waals surface area (Å²) in [5.74, 6) is -0.525. The Bertz CT molecular complexity index is 718. The van der Waals surface area contributed by atoms with Crippen molar-refractivity contribution >= 4 is 5.97 Å². The van der Waals surface area contributed by atoms with Crippen LogP contribution in [0.5, 0.6) is 0 Å². The predicted octanol–water partition coefficient (Wildman–Crippen LogP) is 4.90. The Morgan fingerprint density at radius 1 is 1.21 bits per heavy atom. The van der Waals surface area contributed by atoms with Crippen molar-refractivity contribution in [3.63, 3.8) is 0 Å². The molecule has 0 fully saturated rings. The molecule has 0 N–H and O–H groups in total. The molecule has 0 radical (unpaired) electrons. The molecular formula is C20H24FNO2. The summed E-state index contributed by atoms with van der Waals surface area (Å²) in [4.78, 5) is 16.3. The number of benzene rings is 1. The van der Waals surface area contributed by atoms with Crippen LogP contribution in [-0.4, -0.2) is 16.6 Å². The molecule has 0 unspecified atom stereocenters. The Morgan fingerprint density at radius 3 is 2.38 bits per heavy atom. The van der Waals surface area contributed by atoms with Gasteiger partial charge in [0.05, 0.1) is 6.42 Å². The first-order valence-electron chi connectivity index (χ1n) is 8.12. The van der Waals surface area contributed by atoms with Gasteiger partial charge >= 0.3 is 5.97 Å². The molecule has 3 nitrogen and oxygen atoms in total. The minimum absolute atomic E-state index is 0.0960. The number of halogens is 1. The summed E-state index contributed by atoms with van der Waals surface area (Å²) in [6.07, 6.45) is 3.43. The Labute approximate surface area is 142 Å². The van der Waals surface area contributed by atoms with E-state index in [1.165, 1.54) is 12.1 Å². The van der Waals surface area contributed by atoms with Crippen LogP contribution in [0.25, 0.3) is 11.1 Å². The number of hydrogen-bond acceptors (Lipinski definition) is 3. The van der Waals surface area contributed by atoms with Crippen LogP contribution >= 0.6 is 0 Å². The van der Waals surface area contributed by atoms with Gasteiger partial charge in [-0.2, -0.15) is 0 Å². The van der Waals surface area contributed by atoms with Gasteiger partial charge in [0.15, 0.2) is 0 Å². The number of ether oxygens (including phenoxy) is 1. The molecule has 0 amide bonds. The molecule has 1 aromatic heterocycles. The number of esters is 1. The minimum atomic E-state index is -0.550. The van der Waals surface area contributed by atoms with E-state index < -0.39 is 5.60 Å². The van der Waals surface area contributed by atoms with Gasteiger partial charge in [0, 0.05) is 12.4 Å².